The van der Waals surface area contributed by atoms with Crippen LogP contribution in [0.4, 0.5) is 5.00 Å². The molecule has 0 amide bonds. The molecule has 142 valence electrons. The number of carbonyl (C=O) groups is 2. The van der Waals surface area contributed by atoms with Gasteiger partial charge in [-0.15, -0.1) is 23.1 Å². The number of ether oxygens (including phenoxy) is 2. The van der Waals surface area contributed by atoms with Gasteiger partial charge in [-0.05, 0) is 32.4 Å². The van der Waals surface area contributed by atoms with Crippen LogP contribution in [0.25, 0.3) is 0 Å². The lowest BCUT2D eigenvalue weighted by atomic mass is 10.1. The van der Waals surface area contributed by atoms with Crippen molar-refractivity contribution in [1.29, 1.82) is 5.26 Å². The maximum Gasteiger partial charge on any atom is 0.348 e. The summed E-state index contributed by atoms with van der Waals surface area (Å²) in [5.74, 6) is -0.892. The average molecular weight is 405 g/mol. The first-order valence-corrected chi connectivity index (χ1v) is 10.0. The second kappa shape index (κ2) is 9.44. The highest BCUT2D eigenvalue weighted by Crippen LogP contribution is 2.32. The largest absolute Gasteiger partial charge is 0.462 e. The van der Waals surface area contributed by atoms with Gasteiger partial charge in [0.05, 0.1) is 17.9 Å². The van der Waals surface area contributed by atoms with Crippen LogP contribution < -0.4 is 5.73 Å². The van der Waals surface area contributed by atoms with E-state index in [4.69, 9.17) is 15.2 Å². The normalized spacial score (nSPS) is 10.3. The van der Waals surface area contributed by atoms with Crippen molar-refractivity contribution in [3.8, 4) is 6.07 Å². The summed E-state index contributed by atoms with van der Waals surface area (Å²) in [6, 6.07) is 7.99. The first-order chi connectivity index (χ1) is 12.9. The predicted molar refractivity (Wildman–Crippen MR) is 106 cm³/mol. The van der Waals surface area contributed by atoms with E-state index in [1.54, 1.807) is 6.92 Å². The fraction of sp³-hybridized carbons (Fsp3) is 0.316. The van der Waals surface area contributed by atoms with Crippen LogP contribution >= 0.6 is 23.1 Å². The van der Waals surface area contributed by atoms with Crippen molar-refractivity contribution in [3.63, 3.8) is 0 Å². The maximum absolute atomic E-state index is 12.1. The summed E-state index contributed by atoms with van der Waals surface area (Å²) >= 11 is 2.35. The van der Waals surface area contributed by atoms with E-state index in [1.165, 1.54) is 11.8 Å². The molecule has 0 spiro atoms. The standard InChI is InChI=1S/C19H20N2O4S2/c1-4-24-19(23)17-14(13(8-20)18(21)27-17)9-25-16(22)10-26-15-7-11(2)5-6-12(15)3/h5-7H,4,9-10,21H2,1-3H3. The van der Waals surface area contributed by atoms with Crippen molar-refractivity contribution in [3.05, 3.63) is 45.3 Å². The highest BCUT2D eigenvalue weighted by Gasteiger charge is 2.23. The van der Waals surface area contributed by atoms with E-state index in [1.807, 2.05) is 38.1 Å². The fourth-order valence-corrected chi connectivity index (χ4v) is 4.14. The molecule has 0 atom stereocenters. The molecule has 2 N–H and O–H groups in total. The summed E-state index contributed by atoms with van der Waals surface area (Å²) in [6.45, 7) is 5.65. The third-order valence-electron chi connectivity index (χ3n) is 3.67. The number of benzene rings is 1. The summed E-state index contributed by atoms with van der Waals surface area (Å²) in [5.41, 5.74) is 8.45. The molecule has 2 aromatic rings. The van der Waals surface area contributed by atoms with E-state index in [2.05, 4.69) is 0 Å². The number of carbonyl (C=O) groups excluding carboxylic acids is 2. The molecule has 1 aromatic heterocycles. The van der Waals surface area contributed by atoms with Gasteiger partial charge in [0.25, 0.3) is 0 Å². The fourth-order valence-electron chi connectivity index (χ4n) is 2.30. The van der Waals surface area contributed by atoms with Crippen LogP contribution in [0, 0.1) is 25.2 Å². The second-order valence-electron chi connectivity index (χ2n) is 5.70. The number of hydrogen-bond acceptors (Lipinski definition) is 8. The summed E-state index contributed by atoms with van der Waals surface area (Å²) in [7, 11) is 0. The van der Waals surface area contributed by atoms with Gasteiger partial charge >= 0.3 is 11.9 Å². The highest BCUT2D eigenvalue weighted by molar-refractivity contribution is 8.00. The molecular formula is C19H20N2O4S2. The summed E-state index contributed by atoms with van der Waals surface area (Å²) in [5, 5.41) is 9.48. The number of esters is 2. The molecule has 0 fully saturated rings. The van der Waals surface area contributed by atoms with E-state index < -0.39 is 11.9 Å². The molecule has 2 rings (SSSR count). The highest BCUT2D eigenvalue weighted by atomic mass is 32.2. The van der Waals surface area contributed by atoms with Crippen molar-refractivity contribution >= 4 is 40.0 Å². The Morgan fingerprint density at radius 1 is 1.30 bits per heavy atom. The molecule has 0 aliphatic heterocycles. The molecule has 0 bridgehead atoms. The average Bonchev–Trinajstić information content (AvgIpc) is 2.96. The van der Waals surface area contributed by atoms with Gasteiger partial charge in [0.15, 0.2) is 0 Å². The van der Waals surface area contributed by atoms with Gasteiger partial charge in [-0.25, -0.2) is 4.79 Å². The molecule has 27 heavy (non-hydrogen) atoms. The summed E-state index contributed by atoms with van der Waals surface area (Å²) < 4.78 is 10.3. The Hall–Kier alpha value is -2.50. The van der Waals surface area contributed by atoms with Crippen LogP contribution in [-0.4, -0.2) is 24.3 Å². The van der Waals surface area contributed by atoms with Crippen molar-refractivity contribution in [2.24, 2.45) is 0 Å². The minimum atomic E-state index is -0.577. The Balaban J connectivity index is 2.05. The number of anilines is 1. The van der Waals surface area contributed by atoms with Gasteiger partial charge in [0.2, 0.25) is 0 Å². The number of hydrogen-bond donors (Lipinski definition) is 1. The molecule has 0 radical (unpaired) electrons. The number of thioether (sulfide) groups is 1. The van der Waals surface area contributed by atoms with E-state index in [-0.39, 0.29) is 34.4 Å². The van der Waals surface area contributed by atoms with Crippen molar-refractivity contribution in [2.75, 3.05) is 18.1 Å². The third kappa shape index (κ3) is 5.25. The number of nitrogens with two attached hydrogens (primary N) is 1. The van der Waals surface area contributed by atoms with Crippen LogP contribution in [0.1, 0.15) is 38.8 Å². The van der Waals surface area contributed by atoms with Crippen molar-refractivity contribution < 1.29 is 19.1 Å². The van der Waals surface area contributed by atoms with Crippen molar-refractivity contribution in [1.82, 2.24) is 0 Å². The number of aryl methyl sites for hydroxylation is 2. The van der Waals surface area contributed by atoms with Gasteiger partial charge in [0, 0.05) is 10.5 Å². The molecule has 0 saturated heterocycles. The molecule has 8 heteroatoms. The lowest BCUT2D eigenvalue weighted by molar-refractivity contribution is -0.141. The number of thiophene rings is 1. The van der Waals surface area contributed by atoms with Crippen LogP contribution in [0.15, 0.2) is 23.1 Å². The Morgan fingerprint density at radius 3 is 2.70 bits per heavy atom. The smallest absolute Gasteiger partial charge is 0.348 e. The van der Waals surface area contributed by atoms with Crippen molar-refractivity contribution in [2.45, 2.75) is 32.3 Å². The Labute approximate surface area is 166 Å². The Bertz CT molecular complexity index is 900. The molecule has 0 aliphatic rings. The van der Waals surface area contributed by atoms with Crippen LogP contribution in [-0.2, 0) is 20.9 Å². The first kappa shape index (κ1) is 20.8. The van der Waals surface area contributed by atoms with E-state index >= 15 is 0 Å². The topological polar surface area (TPSA) is 102 Å². The third-order valence-corrected chi connectivity index (χ3v) is 5.85. The second-order valence-corrected chi connectivity index (χ2v) is 7.77. The van der Waals surface area contributed by atoms with Crippen LogP contribution in [0.3, 0.4) is 0 Å². The van der Waals surface area contributed by atoms with Gasteiger partial charge in [0.1, 0.15) is 22.6 Å². The quantitative estimate of drug-likeness (QED) is 0.552. The number of nitrogens with zero attached hydrogens (tertiary/aromatic N) is 1. The molecule has 1 aromatic carbocycles. The van der Waals surface area contributed by atoms with Gasteiger partial charge in [-0.1, -0.05) is 17.7 Å². The predicted octanol–water partition coefficient (Wildman–Crippen LogP) is 3.83. The van der Waals surface area contributed by atoms with E-state index in [9.17, 15) is 14.9 Å². The monoisotopic (exact) mass is 404 g/mol. The van der Waals surface area contributed by atoms with Crippen LogP contribution in [0.5, 0.6) is 0 Å². The molecule has 1 heterocycles. The first-order valence-electron chi connectivity index (χ1n) is 8.21. The zero-order valence-electron chi connectivity index (χ0n) is 15.3. The van der Waals surface area contributed by atoms with E-state index in [0.717, 1.165) is 27.4 Å². The minimum absolute atomic E-state index is 0.126. The van der Waals surface area contributed by atoms with Crippen LogP contribution in [0.2, 0.25) is 0 Å². The Morgan fingerprint density at radius 2 is 2.04 bits per heavy atom. The number of nitrogen functional groups attached to an aromatic ring is 1. The summed E-state index contributed by atoms with van der Waals surface area (Å²) in [4.78, 5) is 25.4. The Kier molecular flexibility index (Phi) is 7.28. The maximum atomic E-state index is 12.1. The summed E-state index contributed by atoms with van der Waals surface area (Å²) in [6.07, 6.45) is 0. The zero-order valence-corrected chi connectivity index (χ0v) is 17.0. The van der Waals surface area contributed by atoms with Gasteiger partial charge < -0.3 is 15.2 Å². The number of rotatable bonds is 7. The lowest BCUT2D eigenvalue weighted by Gasteiger charge is -2.08. The van der Waals surface area contributed by atoms with Gasteiger partial charge in [-0.3, -0.25) is 4.79 Å². The zero-order chi connectivity index (χ0) is 20.0. The molecular weight excluding hydrogens is 384 g/mol. The van der Waals surface area contributed by atoms with E-state index in [0.29, 0.717) is 5.56 Å². The molecule has 0 aliphatic carbocycles. The van der Waals surface area contributed by atoms with Gasteiger partial charge in [-0.2, -0.15) is 5.26 Å². The lowest BCUT2D eigenvalue weighted by Crippen LogP contribution is -2.11. The molecule has 0 unspecified atom stereocenters. The molecule has 6 nitrogen and oxygen atoms in total. The number of nitriles is 1. The minimum Gasteiger partial charge on any atom is -0.462 e. The SMILES string of the molecule is CCOC(=O)c1sc(N)c(C#N)c1COC(=O)CSc1cc(C)ccc1C. The molecule has 0 saturated carbocycles.